The third-order valence-electron chi connectivity index (χ3n) is 4.03. The molecule has 1 N–H and O–H groups in total. The van der Waals surface area contributed by atoms with E-state index in [1.54, 1.807) is 32.4 Å². The summed E-state index contributed by atoms with van der Waals surface area (Å²) in [6, 6.07) is 12.6. The Kier molecular flexibility index (Phi) is 5.26. The Bertz CT molecular complexity index is 834. The van der Waals surface area contributed by atoms with Crippen LogP contribution in [-0.2, 0) is 9.63 Å². The molecule has 7 nitrogen and oxygen atoms in total. The SMILES string of the molecule is COc1ccc(NC(=O)C2CC(c3ccccc3OC)=NO2)cc1OC. The first-order valence-electron chi connectivity index (χ1n) is 8.05. The lowest BCUT2D eigenvalue weighted by Gasteiger charge is -2.12. The minimum atomic E-state index is -0.706. The third-order valence-corrected chi connectivity index (χ3v) is 4.03. The Morgan fingerprint density at radius 3 is 2.50 bits per heavy atom. The van der Waals surface area contributed by atoms with Gasteiger partial charge in [-0.1, -0.05) is 17.3 Å². The summed E-state index contributed by atoms with van der Waals surface area (Å²) in [7, 11) is 4.69. The lowest BCUT2D eigenvalue weighted by atomic mass is 10.0. The van der Waals surface area contributed by atoms with Gasteiger partial charge in [0.05, 0.1) is 27.0 Å². The van der Waals surface area contributed by atoms with Crippen molar-refractivity contribution >= 4 is 17.3 Å². The van der Waals surface area contributed by atoms with Crippen LogP contribution in [0.4, 0.5) is 5.69 Å². The molecule has 1 amide bonds. The highest BCUT2D eigenvalue weighted by molar-refractivity contribution is 6.07. The Morgan fingerprint density at radius 2 is 1.77 bits per heavy atom. The zero-order valence-electron chi connectivity index (χ0n) is 14.8. The molecule has 2 aromatic carbocycles. The first-order chi connectivity index (χ1) is 12.7. The van der Waals surface area contributed by atoms with Crippen molar-refractivity contribution in [3.63, 3.8) is 0 Å². The maximum atomic E-state index is 12.5. The van der Waals surface area contributed by atoms with Crippen molar-refractivity contribution in [1.82, 2.24) is 0 Å². The number of methoxy groups -OCH3 is 3. The number of ether oxygens (including phenoxy) is 3. The summed E-state index contributed by atoms with van der Waals surface area (Å²) < 4.78 is 15.8. The van der Waals surface area contributed by atoms with Crippen molar-refractivity contribution in [1.29, 1.82) is 0 Å². The van der Waals surface area contributed by atoms with E-state index in [2.05, 4.69) is 10.5 Å². The van der Waals surface area contributed by atoms with E-state index in [0.29, 0.717) is 35.1 Å². The van der Waals surface area contributed by atoms with Crippen molar-refractivity contribution in [2.24, 2.45) is 5.16 Å². The summed E-state index contributed by atoms with van der Waals surface area (Å²) in [6.07, 6.45) is -0.345. The molecule has 0 aromatic heterocycles. The zero-order valence-corrected chi connectivity index (χ0v) is 14.8. The fourth-order valence-corrected chi connectivity index (χ4v) is 2.70. The molecule has 1 heterocycles. The number of carbonyl (C=O) groups excluding carboxylic acids is 1. The van der Waals surface area contributed by atoms with Crippen LogP contribution in [0.5, 0.6) is 17.2 Å². The number of nitrogens with one attached hydrogen (secondary N) is 1. The Balaban J connectivity index is 1.68. The van der Waals surface area contributed by atoms with Crippen LogP contribution in [0.3, 0.4) is 0 Å². The van der Waals surface area contributed by atoms with E-state index in [-0.39, 0.29) is 5.91 Å². The second-order valence-electron chi connectivity index (χ2n) is 5.60. The molecule has 7 heteroatoms. The number of amides is 1. The van der Waals surface area contributed by atoms with Crippen molar-refractivity contribution in [3.8, 4) is 17.2 Å². The van der Waals surface area contributed by atoms with Crippen LogP contribution in [0.25, 0.3) is 0 Å². The summed E-state index contributed by atoms with van der Waals surface area (Å²) in [6.45, 7) is 0. The lowest BCUT2D eigenvalue weighted by molar-refractivity contribution is -0.125. The maximum Gasteiger partial charge on any atom is 0.268 e. The van der Waals surface area contributed by atoms with Gasteiger partial charge in [0, 0.05) is 23.7 Å². The standard InChI is InChI=1S/C19H20N2O5/c1-23-15-7-5-4-6-13(15)14-11-18(26-21-14)19(22)20-12-8-9-16(24-2)17(10-12)25-3/h4-10,18H,11H2,1-3H3,(H,20,22). The van der Waals surface area contributed by atoms with Crippen LogP contribution in [0.15, 0.2) is 47.6 Å². The number of anilines is 1. The van der Waals surface area contributed by atoms with E-state index in [4.69, 9.17) is 19.0 Å². The average Bonchev–Trinajstić information content (AvgIpc) is 3.18. The second kappa shape index (κ2) is 7.77. The lowest BCUT2D eigenvalue weighted by Crippen LogP contribution is -2.28. The first kappa shape index (κ1) is 17.6. The topological polar surface area (TPSA) is 78.4 Å². The minimum Gasteiger partial charge on any atom is -0.496 e. The van der Waals surface area contributed by atoms with Gasteiger partial charge >= 0.3 is 0 Å². The highest BCUT2D eigenvalue weighted by Crippen LogP contribution is 2.30. The van der Waals surface area contributed by atoms with Crippen LogP contribution < -0.4 is 19.5 Å². The molecular weight excluding hydrogens is 336 g/mol. The van der Waals surface area contributed by atoms with Gasteiger partial charge in [-0.25, -0.2) is 0 Å². The maximum absolute atomic E-state index is 12.5. The molecule has 3 rings (SSSR count). The number of carbonyl (C=O) groups is 1. The summed E-state index contributed by atoms with van der Waals surface area (Å²) in [4.78, 5) is 17.8. The first-order valence-corrected chi connectivity index (χ1v) is 8.05. The van der Waals surface area contributed by atoms with E-state index in [1.807, 2.05) is 24.3 Å². The van der Waals surface area contributed by atoms with Crippen LogP contribution in [-0.4, -0.2) is 39.1 Å². The largest absolute Gasteiger partial charge is 0.496 e. The van der Waals surface area contributed by atoms with Gasteiger partial charge < -0.3 is 24.4 Å². The summed E-state index contributed by atoms with van der Waals surface area (Å²) in [5.41, 5.74) is 2.08. The molecule has 0 bridgehead atoms. The van der Waals surface area contributed by atoms with Gasteiger partial charge in [0.1, 0.15) is 5.75 Å². The Hall–Kier alpha value is -3.22. The van der Waals surface area contributed by atoms with Gasteiger partial charge in [0.25, 0.3) is 5.91 Å². The van der Waals surface area contributed by atoms with Crippen molar-refractivity contribution in [3.05, 3.63) is 48.0 Å². The molecule has 1 atom stereocenters. The Morgan fingerprint density at radius 1 is 1.04 bits per heavy atom. The molecule has 1 aliphatic rings. The number of benzene rings is 2. The predicted octanol–water partition coefficient (Wildman–Crippen LogP) is 2.84. The van der Waals surface area contributed by atoms with E-state index < -0.39 is 6.10 Å². The fourth-order valence-electron chi connectivity index (χ4n) is 2.70. The number of nitrogens with zero attached hydrogens (tertiary/aromatic N) is 1. The predicted molar refractivity (Wildman–Crippen MR) is 97.2 cm³/mol. The molecule has 0 saturated heterocycles. The molecule has 136 valence electrons. The van der Waals surface area contributed by atoms with E-state index >= 15 is 0 Å². The normalized spacial score (nSPS) is 15.7. The van der Waals surface area contributed by atoms with E-state index in [1.165, 1.54) is 7.11 Å². The summed E-state index contributed by atoms with van der Waals surface area (Å²) in [5.74, 6) is 1.52. The van der Waals surface area contributed by atoms with Gasteiger partial charge in [-0.15, -0.1) is 0 Å². The molecule has 0 radical (unpaired) electrons. The molecule has 0 fully saturated rings. The zero-order chi connectivity index (χ0) is 18.5. The smallest absolute Gasteiger partial charge is 0.268 e. The van der Waals surface area contributed by atoms with Gasteiger partial charge in [-0.3, -0.25) is 4.79 Å². The summed E-state index contributed by atoms with van der Waals surface area (Å²) in [5, 5.41) is 6.86. The van der Waals surface area contributed by atoms with Gasteiger partial charge in [0.15, 0.2) is 11.5 Å². The van der Waals surface area contributed by atoms with Gasteiger partial charge in [-0.2, -0.15) is 0 Å². The van der Waals surface area contributed by atoms with E-state index in [9.17, 15) is 4.79 Å². The number of hydrogen-bond donors (Lipinski definition) is 1. The molecule has 26 heavy (non-hydrogen) atoms. The van der Waals surface area contributed by atoms with Crippen molar-refractivity contribution in [2.45, 2.75) is 12.5 Å². The third kappa shape index (κ3) is 3.56. The number of oxime groups is 1. The van der Waals surface area contributed by atoms with Crippen LogP contribution in [0.1, 0.15) is 12.0 Å². The van der Waals surface area contributed by atoms with E-state index in [0.717, 1.165) is 5.56 Å². The highest BCUT2D eigenvalue weighted by atomic mass is 16.6. The molecule has 1 unspecified atom stereocenters. The van der Waals surface area contributed by atoms with Gasteiger partial charge in [0.2, 0.25) is 6.10 Å². The van der Waals surface area contributed by atoms with Crippen LogP contribution in [0.2, 0.25) is 0 Å². The molecule has 1 aliphatic heterocycles. The van der Waals surface area contributed by atoms with Crippen LogP contribution >= 0.6 is 0 Å². The molecule has 0 spiro atoms. The number of hydrogen-bond acceptors (Lipinski definition) is 6. The average molecular weight is 356 g/mol. The molecular formula is C19H20N2O5. The van der Waals surface area contributed by atoms with Crippen molar-refractivity contribution < 1.29 is 23.8 Å². The number of para-hydroxylation sites is 1. The van der Waals surface area contributed by atoms with Crippen molar-refractivity contribution in [2.75, 3.05) is 26.6 Å². The number of rotatable bonds is 6. The second-order valence-corrected chi connectivity index (χ2v) is 5.60. The quantitative estimate of drug-likeness (QED) is 0.861. The van der Waals surface area contributed by atoms with Gasteiger partial charge in [-0.05, 0) is 24.3 Å². The monoisotopic (exact) mass is 356 g/mol. The molecule has 0 saturated carbocycles. The molecule has 2 aromatic rings. The van der Waals surface area contributed by atoms with Crippen LogP contribution in [0, 0.1) is 0 Å². The molecule has 0 aliphatic carbocycles. The minimum absolute atomic E-state index is 0.286. The highest BCUT2D eigenvalue weighted by Gasteiger charge is 2.30. The fraction of sp³-hybridized carbons (Fsp3) is 0.263. The Labute approximate surface area is 151 Å². The summed E-state index contributed by atoms with van der Waals surface area (Å²) >= 11 is 0.